The lowest BCUT2D eigenvalue weighted by Crippen LogP contribution is -2.26. The van der Waals surface area contributed by atoms with Gasteiger partial charge in [-0.1, -0.05) is 0 Å². The van der Waals surface area contributed by atoms with Crippen LogP contribution in [0.5, 0.6) is 0 Å². The van der Waals surface area contributed by atoms with E-state index in [1.807, 2.05) is 19.1 Å². The molecule has 2 rings (SSSR count). The number of amides is 1. The van der Waals surface area contributed by atoms with Gasteiger partial charge in [0.05, 0.1) is 6.54 Å². The molecule has 0 spiro atoms. The molecule has 0 fully saturated rings. The molecule has 0 unspecified atom stereocenters. The molecule has 100 valence electrons. The van der Waals surface area contributed by atoms with E-state index in [9.17, 15) is 9.59 Å². The molecule has 0 atom stereocenters. The van der Waals surface area contributed by atoms with E-state index in [2.05, 4.69) is 4.98 Å². The van der Waals surface area contributed by atoms with Crippen LogP contribution in [0.25, 0.3) is 0 Å². The Morgan fingerprint density at radius 1 is 1.37 bits per heavy atom. The summed E-state index contributed by atoms with van der Waals surface area (Å²) in [6.45, 7) is 3.71. The first-order valence-corrected chi connectivity index (χ1v) is 5.97. The lowest BCUT2D eigenvalue weighted by atomic mass is 10.2. The second-order valence-corrected chi connectivity index (χ2v) is 4.53. The van der Waals surface area contributed by atoms with Crippen molar-refractivity contribution >= 4 is 11.7 Å². The number of hydrogen-bond acceptors (Lipinski definition) is 3. The molecular formula is C14H16N2O3. The number of rotatable bonds is 4. The zero-order chi connectivity index (χ0) is 14.0. The van der Waals surface area contributed by atoms with E-state index in [0.29, 0.717) is 17.8 Å². The van der Waals surface area contributed by atoms with Crippen molar-refractivity contribution in [2.75, 3.05) is 7.05 Å². The summed E-state index contributed by atoms with van der Waals surface area (Å²) in [5, 5.41) is 0. The number of furan rings is 1. The summed E-state index contributed by atoms with van der Waals surface area (Å²) in [5.41, 5.74) is 0.904. The summed E-state index contributed by atoms with van der Waals surface area (Å²) in [5.74, 6) is 1.29. The Hall–Kier alpha value is -2.30. The van der Waals surface area contributed by atoms with Crippen molar-refractivity contribution in [3.63, 3.8) is 0 Å². The smallest absolute Gasteiger partial charge is 0.270 e. The molecule has 2 aromatic rings. The highest BCUT2D eigenvalue weighted by Gasteiger charge is 2.16. The largest absolute Gasteiger partial charge is 0.464 e. The van der Waals surface area contributed by atoms with Crippen LogP contribution in [0, 0.1) is 6.92 Å². The molecule has 0 aromatic carbocycles. The van der Waals surface area contributed by atoms with Gasteiger partial charge >= 0.3 is 0 Å². The average molecular weight is 260 g/mol. The maximum absolute atomic E-state index is 12.1. The van der Waals surface area contributed by atoms with E-state index in [1.165, 1.54) is 11.8 Å². The van der Waals surface area contributed by atoms with Crippen molar-refractivity contribution in [3.05, 3.63) is 47.2 Å². The van der Waals surface area contributed by atoms with Crippen LogP contribution in [0.15, 0.2) is 28.8 Å². The first-order chi connectivity index (χ1) is 8.97. The van der Waals surface area contributed by atoms with Gasteiger partial charge in [0.15, 0.2) is 5.78 Å². The van der Waals surface area contributed by atoms with Crippen LogP contribution in [0.1, 0.15) is 39.3 Å². The zero-order valence-electron chi connectivity index (χ0n) is 11.2. The zero-order valence-corrected chi connectivity index (χ0v) is 11.2. The van der Waals surface area contributed by atoms with Crippen LogP contribution in [-0.2, 0) is 6.54 Å². The summed E-state index contributed by atoms with van der Waals surface area (Å²) in [6.07, 6.45) is 1.54. The predicted octanol–water partition coefficient (Wildman–Crippen LogP) is 2.39. The highest BCUT2D eigenvalue weighted by atomic mass is 16.3. The van der Waals surface area contributed by atoms with Crippen molar-refractivity contribution in [1.82, 2.24) is 9.88 Å². The molecule has 0 bridgehead atoms. The van der Waals surface area contributed by atoms with Crippen LogP contribution in [-0.4, -0.2) is 28.6 Å². The van der Waals surface area contributed by atoms with Gasteiger partial charge in [0.2, 0.25) is 0 Å². The molecule has 2 aromatic heterocycles. The molecule has 0 saturated heterocycles. The Balaban J connectivity index is 2.07. The fourth-order valence-corrected chi connectivity index (χ4v) is 1.80. The third-order valence-electron chi connectivity index (χ3n) is 2.86. The topological polar surface area (TPSA) is 66.3 Å². The number of aromatic nitrogens is 1. The minimum atomic E-state index is -0.179. The van der Waals surface area contributed by atoms with E-state index < -0.39 is 0 Å². The highest BCUT2D eigenvalue weighted by molar-refractivity contribution is 5.98. The number of nitrogens with zero attached hydrogens (tertiary/aromatic N) is 1. The second-order valence-electron chi connectivity index (χ2n) is 4.53. The third kappa shape index (κ3) is 2.93. The van der Waals surface area contributed by atoms with Crippen LogP contribution in [0.4, 0.5) is 0 Å². The van der Waals surface area contributed by atoms with Gasteiger partial charge in [-0.3, -0.25) is 9.59 Å². The minimum Gasteiger partial charge on any atom is -0.464 e. The summed E-state index contributed by atoms with van der Waals surface area (Å²) in [4.78, 5) is 27.7. The first kappa shape index (κ1) is 13.1. The Bertz CT molecular complexity index is 610. The van der Waals surface area contributed by atoms with Crippen LogP contribution in [0.3, 0.4) is 0 Å². The lowest BCUT2D eigenvalue weighted by molar-refractivity contribution is 0.0770. The standard InChI is InChI=1S/C14H16N2O3/c1-9-4-5-12(19-9)8-16(3)14(18)13-6-11(7-15-13)10(2)17/h4-7,15H,8H2,1-3H3. The Morgan fingerprint density at radius 3 is 2.63 bits per heavy atom. The maximum Gasteiger partial charge on any atom is 0.270 e. The van der Waals surface area contributed by atoms with E-state index in [-0.39, 0.29) is 11.7 Å². The molecule has 1 N–H and O–H groups in total. The molecule has 0 radical (unpaired) electrons. The van der Waals surface area contributed by atoms with Gasteiger partial charge in [0.25, 0.3) is 5.91 Å². The number of carbonyl (C=O) groups excluding carboxylic acids is 2. The van der Waals surface area contributed by atoms with Gasteiger partial charge in [-0.15, -0.1) is 0 Å². The van der Waals surface area contributed by atoms with Crippen LogP contribution >= 0.6 is 0 Å². The van der Waals surface area contributed by atoms with Crippen molar-refractivity contribution in [3.8, 4) is 0 Å². The SMILES string of the molecule is CC(=O)c1c[nH]c(C(=O)N(C)Cc2ccc(C)o2)c1. The van der Waals surface area contributed by atoms with Crippen molar-refractivity contribution in [2.45, 2.75) is 20.4 Å². The Morgan fingerprint density at radius 2 is 2.11 bits per heavy atom. The number of Topliss-reactive ketones (excluding diaryl/α,β-unsaturated/α-hetero) is 1. The number of nitrogens with one attached hydrogen (secondary N) is 1. The van der Waals surface area contributed by atoms with E-state index >= 15 is 0 Å². The van der Waals surface area contributed by atoms with Gasteiger partial charge < -0.3 is 14.3 Å². The van der Waals surface area contributed by atoms with E-state index in [1.54, 1.807) is 19.3 Å². The lowest BCUT2D eigenvalue weighted by Gasteiger charge is -2.14. The maximum atomic E-state index is 12.1. The molecular weight excluding hydrogens is 244 g/mol. The van der Waals surface area contributed by atoms with Crippen molar-refractivity contribution in [1.29, 1.82) is 0 Å². The van der Waals surface area contributed by atoms with Gasteiger partial charge in [-0.05, 0) is 32.0 Å². The van der Waals surface area contributed by atoms with E-state index in [0.717, 1.165) is 11.5 Å². The van der Waals surface area contributed by atoms with E-state index in [4.69, 9.17) is 4.42 Å². The third-order valence-corrected chi connectivity index (χ3v) is 2.86. The number of aromatic amines is 1. The monoisotopic (exact) mass is 260 g/mol. The first-order valence-electron chi connectivity index (χ1n) is 5.97. The fourth-order valence-electron chi connectivity index (χ4n) is 1.80. The molecule has 1 amide bonds. The van der Waals surface area contributed by atoms with Gasteiger partial charge in [-0.2, -0.15) is 0 Å². The number of H-pyrrole nitrogens is 1. The average Bonchev–Trinajstić information content (AvgIpc) is 2.97. The van der Waals surface area contributed by atoms with Gasteiger partial charge in [-0.25, -0.2) is 0 Å². The van der Waals surface area contributed by atoms with Gasteiger partial charge in [0.1, 0.15) is 17.2 Å². The summed E-state index contributed by atoms with van der Waals surface area (Å²) in [6, 6.07) is 5.26. The normalized spacial score (nSPS) is 10.5. The number of ketones is 1. The number of carbonyl (C=O) groups is 2. The molecule has 0 saturated carbocycles. The molecule has 5 nitrogen and oxygen atoms in total. The highest BCUT2D eigenvalue weighted by Crippen LogP contribution is 2.12. The molecule has 5 heteroatoms. The molecule has 2 heterocycles. The fraction of sp³-hybridized carbons (Fsp3) is 0.286. The van der Waals surface area contributed by atoms with Crippen molar-refractivity contribution < 1.29 is 14.0 Å². The molecule has 0 aliphatic carbocycles. The Labute approximate surface area is 111 Å². The van der Waals surface area contributed by atoms with Crippen LogP contribution in [0.2, 0.25) is 0 Å². The van der Waals surface area contributed by atoms with Crippen molar-refractivity contribution in [2.24, 2.45) is 0 Å². The summed E-state index contributed by atoms with van der Waals surface area (Å²) >= 11 is 0. The number of hydrogen-bond donors (Lipinski definition) is 1. The summed E-state index contributed by atoms with van der Waals surface area (Å²) in [7, 11) is 1.69. The van der Waals surface area contributed by atoms with Crippen LogP contribution < -0.4 is 0 Å². The quantitative estimate of drug-likeness (QED) is 0.858. The molecule has 19 heavy (non-hydrogen) atoms. The minimum absolute atomic E-state index is 0.0698. The molecule has 0 aliphatic rings. The van der Waals surface area contributed by atoms with Gasteiger partial charge in [0, 0.05) is 18.8 Å². The summed E-state index contributed by atoms with van der Waals surface area (Å²) < 4.78 is 5.43. The molecule has 0 aliphatic heterocycles. The second kappa shape index (κ2) is 5.14. The number of aryl methyl sites for hydroxylation is 1. The predicted molar refractivity (Wildman–Crippen MR) is 70.0 cm³/mol. The Kier molecular flexibility index (Phi) is 3.55.